The van der Waals surface area contributed by atoms with Crippen LogP contribution in [0.3, 0.4) is 0 Å². The first-order valence-electron chi connectivity index (χ1n) is 4.78. The number of hydrogen-bond acceptors (Lipinski definition) is 4. The van der Waals surface area contributed by atoms with Gasteiger partial charge in [0.15, 0.2) is 0 Å². The van der Waals surface area contributed by atoms with Gasteiger partial charge in [-0.15, -0.1) is 0 Å². The van der Waals surface area contributed by atoms with Crippen molar-refractivity contribution in [1.29, 1.82) is 0 Å². The van der Waals surface area contributed by atoms with Crippen LogP contribution >= 0.6 is 0 Å². The fourth-order valence-corrected chi connectivity index (χ4v) is 2.52. The molecule has 0 aliphatic heterocycles. The second-order valence-electron chi connectivity index (χ2n) is 3.52. The third kappa shape index (κ3) is 2.45. The molecule has 1 saturated carbocycles. The van der Waals surface area contributed by atoms with Crippen molar-refractivity contribution in [3.63, 3.8) is 0 Å². The van der Waals surface area contributed by atoms with E-state index in [1.165, 1.54) is 18.3 Å². The summed E-state index contributed by atoms with van der Waals surface area (Å²) in [7, 11) is -1.66. The van der Waals surface area contributed by atoms with E-state index in [4.69, 9.17) is 0 Å². The molecule has 0 bridgehead atoms. The van der Waals surface area contributed by atoms with Crippen LogP contribution in [-0.2, 0) is 10.0 Å². The second kappa shape index (κ2) is 3.79. The lowest BCUT2D eigenvalue weighted by atomic mass is 10.5. The van der Waals surface area contributed by atoms with Crippen molar-refractivity contribution in [3.8, 4) is 0 Å². The molecule has 0 atom stereocenters. The maximum Gasteiger partial charge on any atom is 0.241 e. The zero-order valence-electron chi connectivity index (χ0n) is 8.40. The van der Waals surface area contributed by atoms with Gasteiger partial charge in [0.2, 0.25) is 10.0 Å². The SMILES string of the molecule is CNc1cc(S(=O)(=O)NC2CC2)ccn1. The quantitative estimate of drug-likeness (QED) is 0.788. The lowest BCUT2D eigenvalue weighted by Crippen LogP contribution is -2.25. The number of aromatic nitrogens is 1. The molecule has 5 nitrogen and oxygen atoms in total. The molecule has 1 heterocycles. The van der Waals surface area contributed by atoms with Crippen LogP contribution in [0.15, 0.2) is 23.2 Å². The van der Waals surface area contributed by atoms with E-state index in [-0.39, 0.29) is 10.9 Å². The van der Waals surface area contributed by atoms with Crippen LogP contribution in [-0.4, -0.2) is 26.5 Å². The highest BCUT2D eigenvalue weighted by atomic mass is 32.2. The molecule has 0 unspecified atom stereocenters. The van der Waals surface area contributed by atoms with Gasteiger partial charge in [0.25, 0.3) is 0 Å². The molecule has 1 fully saturated rings. The summed E-state index contributed by atoms with van der Waals surface area (Å²) in [4.78, 5) is 4.22. The van der Waals surface area contributed by atoms with Gasteiger partial charge in [0.1, 0.15) is 5.82 Å². The predicted octanol–water partition coefficient (Wildman–Crippen LogP) is 0.564. The lowest BCUT2D eigenvalue weighted by molar-refractivity contribution is 0.581. The minimum absolute atomic E-state index is 0.126. The van der Waals surface area contributed by atoms with Crippen molar-refractivity contribution in [2.45, 2.75) is 23.8 Å². The number of sulfonamides is 1. The average molecular weight is 227 g/mol. The van der Waals surface area contributed by atoms with Gasteiger partial charge < -0.3 is 5.32 Å². The monoisotopic (exact) mass is 227 g/mol. The highest BCUT2D eigenvalue weighted by Gasteiger charge is 2.27. The van der Waals surface area contributed by atoms with Crippen molar-refractivity contribution in [2.75, 3.05) is 12.4 Å². The molecule has 0 spiro atoms. The van der Waals surface area contributed by atoms with Gasteiger partial charge in [-0.05, 0) is 18.9 Å². The number of nitrogens with zero attached hydrogens (tertiary/aromatic N) is 1. The van der Waals surface area contributed by atoms with E-state index in [1.54, 1.807) is 7.05 Å². The Hall–Kier alpha value is -1.14. The first-order chi connectivity index (χ1) is 7.12. The first kappa shape index (κ1) is 10.4. The largest absolute Gasteiger partial charge is 0.373 e. The van der Waals surface area contributed by atoms with E-state index in [1.807, 2.05) is 0 Å². The van der Waals surface area contributed by atoms with Gasteiger partial charge in [-0.2, -0.15) is 0 Å². The fraction of sp³-hybridized carbons (Fsp3) is 0.444. The van der Waals surface area contributed by atoms with Crippen molar-refractivity contribution in [2.24, 2.45) is 0 Å². The van der Waals surface area contributed by atoms with Gasteiger partial charge in [-0.1, -0.05) is 0 Å². The molecule has 0 aromatic carbocycles. The molecule has 1 aliphatic rings. The van der Waals surface area contributed by atoms with Crippen LogP contribution in [0.5, 0.6) is 0 Å². The zero-order valence-corrected chi connectivity index (χ0v) is 9.21. The topological polar surface area (TPSA) is 71.1 Å². The molecule has 1 aromatic heterocycles. The predicted molar refractivity (Wildman–Crippen MR) is 57.1 cm³/mol. The Morgan fingerprint density at radius 1 is 1.47 bits per heavy atom. The van der Waals surface area contributed by atoms with E-state index in [2.05, 4.69) is 15.0 Å². The summed E-state index contributed by atoms with van der Waals surface area (Å²) < 4.78 is 26.2. The lowest BCUT2D eigenvalue weighted by Gasteiger charge is -2.06. The smallest absolute Gasteiger partial charge is 0.241 e. The summed E-state index contributed by atoms with van der Waals surface area (Å²) in [6.45, 7) is 0. The van der Waals surface area contributed by atoms with Crippen molar-refractivity contribution < 1.29 is 8.42 Å². The van der Waals surface area contributed by atoms with Gasteiger partial charge in [-0.25, -0.2) is 18.1 Å². The van der Waals surface area contributed by atoms with Crippen LogP contribution in [0, 0.1) is 0 Å². The Balaban J connectivity index is 2.26. The molecule has 2 N–H and O–H groups in total. The number of pyridine rings is 1. The summed E-state index contributed by atoms with van der Waals surface area (Å²) >= 11 is 0. The number of hydrogen-bond donors (Lipinski definition) is 2. The second-order valence-corrected chi connectivity index (χ2v) is 5.24. The number of anilines is 1. The summed E-state index contributed by atoms with van der Waals surface area (Å²) in [5, 5.41) is 2.81. The summed E-state index contributed by atoms with van der Waals surface area (Å²) in [5.41, 5.74) is 0. The minimum atomic E-state index is -3.36. The normalized spacial score (nSPS) is 16.3. The maximum atomic E-state index is 11.8. The summed E-state index contributed by atoms with van der Waals surface area (Å²) in [6, 6.07) is 3.14. The van der Waals surface area contributed by atoms with E-state index in [0.29, 0.717) is 5.82 Å². The highest BCUT2D eigenvalue weighted by Crippen LogP contribution is 2.22. The standard InChI is InChI=1S/C9H13N3O2S/c1-10-9-6-8(4-5-11-9)15(13,14)12-7-2-3-7/h4-7,12H,2-3H2,1H3,(H,10,11). The summed E-state index contributed by atoms with van der Waals surface area (Å²) in [6.07, 6.45) is 3.35. The molecular formula is C9H13N3O2S. The molecule has 6 heteroatoms. The van der Waals surface area contributed by atoms with E-state index < -0.39 is 10.0 Å². The summed E-state index contributed by atoms with van der Waals surface area (Å²) in [5.74, 6) is 0.550. The zero-order chi connectivity index (χ0) is 10.9. The molecule has 1 aliphatic carbocycles. The van der Waals surface area contributed by atoms with Crippen LogP contribution in [0.1, 0.15) is 12.8 Å². The first-order valence-corrected chi connectivity index (χ1v) is 6.26. The number of nitrogens with one attached hydrogen (secondary N) is 2. The third-order valence-electron chi connectivity index (χ3n) is 2.20. The van der Waals surface area contributed by atoms with E-state index in [0.717, 1.165) is 12.8 Å². The van der Waals surface area contributed by atoms with Gasteiger partial charge in [0.05, 0.1) is 4.90 Å². The van der Waals surface area contributed by atoms with Crippen LogP contribution in [0.4, 0.5) is 5.82 Å². The Morgan fingerprint density at radius 2 is 2.20 bits per heavy atom. The molecule has 15 heavy (non-hydrogen) atoms. The maximum absolute atomic E-state index is 11.8. The highest BCUT2D eigenvalue weighted by molar-refractivity contribution is 7.89. The van der Waals surface area contributed by atoms with Crippen LogP contribution < -0.4 is 10.0 Å². The molecule has 1 aromatic rings. The Morgan fingerprint density at radius 3 is 2.80 bits per heavy atom. The van der Waals surface area contributed by atoms with Crippen molar-refractivity contribution in [1.82, 2.24) is 9.71 Å². The van der Waals surface area contributed by atoms with E-state index in [9.17, 15) is 8.42 Å². The van der Waals surface area contributed by atoms with Gasteiger partial charge in [0, 0.05) is 25.4 Å². The third-order valence-corrected chi connectivity index (χ3v) is 3.72. The fourth-order valence-electron chi connectivity index (χ4n) is 1.20. The minimum Gasteiger partial charge on any atom is -0.373 e. The molecule has 82 valence electrons. The average Bonchev–Trinajstić information content (AvgIpc) is 3.01. The Labute approximate surface area is 89.0 Å². The van der Waals surface area contributed by atoms with Gasteiger partial charge >= 0.3 is 0 Å². The van der Waals surface area contributed by atoms with Crippen LogP contribution in [0.25, 0.3) is 0 Å². The number of rotatable bonds is 4. The van der Waals surface area contributed by atoms with Gasteiger partial charge in [-0.3, -0.25) is 0 Å². The van der Waals surface area contributed by atoms with Crippen LogP contribution in [0.2, 0.25) is 0 Å². The Kier molecular flexibility index (Phi) is 2.62. The van der Waals surface area contributed by atoms with Crippen molar-refractivity contribution in [3.05, 3.63) is 18.3 Å². The van der Waals surface area contributed by atoms with E-state index >= 15 is 0 Å². The Bertz CT molecular complexity index is 454. The molecule has 0 radical (unpaired) electrons. The molecule has 2 rings (SSSR count). The molecular weight excluding hydrogens is 214 g/mol. The van der Waals surface area contributed by atoms with Crippen molar-refractivity contribution >= 4 is 15.8 Å². The molecule has 0 saturated heterocycles. The molecule has 0 amide bonds.